The molecule has 0 aliphatic heterocycles. The number of hydrogen-bond donors (Lipinski definition) is 3. The quantitative estimate of drug-likeness (QED) is 0.669. The minimum absolute atomic E-state index is 0.249. The van der Waals surface area contributed by atoms with E-state index in [9.17, 15) is 14.4 Å². The number of rotatable bonds is 5. The Hall–Kier alpha value is -2.38. The fraction of sp³-hybridized carbons (Fsp3) is 0.455. The first-order chi connectivity index (χ1) is 8.76. The second kappa shape index (κ2) is 5.51. The molecule has 1 aromatic heterocycles. The summed E-state index contributed by atoms with van der Waals surface area (Å²) in [7, 11) is 0. The van der Waals surface area contributed by atoms with Gasteiger partial charge in [-0.1, -0.05) is 0 Å². The molecule has 0 bridgehead atoms. The Bertz CT molecular complexity index is 495. The number of hydrogen-bond acceptors (Lipinski definition) is 4. The zero-order valence-corrected chi connectivity index (χ0v) is 10.9. The summed E-state index contributed by atoms with van der Waals surface area (Å²) in [5.74, 6) is -0.282. The molecule has 2 amide bonds. The lowest BCUT2D eigenvalue weighted by atomic mass is 10.1. The van der Waals surface area contributed by atoms with E-state index < -0.39 is 23.6 Å². The molecule has 1 aromatic rings. The zero-order chi connectivity index (χ0) is 14.6. The first kappa shape index (κ1) is 14.7. The van der Waals surface area contributed by atoms with E-state index in [1.54, 1.807) is 18.4 Å². The highest BCUT2D eigenvalue weighted by molar-refractivity contribution is 5.95. The SMILES string of the molecule is CC(NC(=O)O)C(=O)Nc1cn(C(C)(C)C=O)cn1. The summed E-state index contributed by atoms with van der Waals surface area (Å²) in [6.07, 6.45) is 2.39. The molecule has 104 valence electrons. The van der Waals surface area contributed by atoms with Crippen LogP contribution in [0.25, 0.3) is 0 Å². The Kier molecular flexibility index (Phi) is 4.26. The molecule has 0 radical (unpaired) electrons. The Balaban J connectivity index is 2.71. The molecule has 0 saturated carbocycles. The minimum atomic E-state index is -1.28. The maximum atomic E-state index is 11.6. The van der Waals surface area contributed by atoms with E-state index in [0.29, 0.717) is 0 Å². The summed E-state index contributed by atoms with van der Waals surface area (Å²) in [6, 6.07) is -0.901. The molecule has 8 heteroatoms. The van der Waals surface area contributed by atoms with Crippen LogP contribution in [-0.4, -0.2) is 39.0 Å². The van der Waals surface area contributed by atoms with Gasteiger partial charge in [0.05, 0.1) is 11.9 Å². The predicted molar refractivity (Wildman–Crippen MR) is 66.9 cm³/mol. The first-order valence-electron chi connectivity index (χ1n) is 5.57. The van der Waals surface area contributed by atoms with Crippen LogP contribution in [0, 0.1) is 0 Å². The minimum Gasteiger partial charge on any atom is -0.465 e. The summed E-state index contributed by atoms with van der Waals surface area (Å²) < 4.78 is 1.55. The maximum Gasteiger partial charge on any atom is 0.405 e. The number of carboxylic acid groups (broad SMARTS) is 1. The molecule has 1 atom stereocenters. The number of anilines is 1. The molecule has 0 aromatic carbocycles. The van der Waals surface area contributed by atoms with E-state index in [2.05, 4.69) is 10.3 Å². The van der Waals surface area contributed by atoms with Crippen molar-refractivity contribution < 1.29 is 19.5 Å². The average Bonchev–Trinajstić information content (AvgIpc) is 2.77. The van der Waals surface area contributed by atoms with E-state index in [1.807, 2.05) is 5.32 Å². The highest BCUT2D eigenvalue weighted by Gasteiger charge is 2.20. The van der Waals surface area contributed by atoms with Crippen LogP contribution in [0.2, 0.25) is 0 Å². The van der Waals surface area contributed by atoms with Crippen LogP contribution in [0.1, 0.15) is 20.8 Å². The summed E-state index contributed by atoms with van der Waals surface area (Å²) in [6.45, 7) is 4.81. The molecule has 0 spiro atoms. The van der Waals surface area contributed by atoms with Gasteiger partial charge < -0.3 is 25.1 Å². The van der Waals surface area contributed by atoms with Crippen molar-refractivity contribution in [1.82, 2.24) is 14.9 Å². The topological polar surface area (TPSA) is 113 Å². The van der Waals surface area contributed by atoms with Gasteiger partial charge in [0, 0.05) is 6.20 Å². The second-order valence-electron chi connectivity index (χ2n) is 4.60. The van der Waals surface area contributed by atoms with Gasteiger partial charge in [-0.3, -0.25) is 4.79 Å². The van der Waals surface area contributed by atoms with Crippen molar-refractivity contribution in [2.45, 2.75) is 32.4 Å². The largest absolute Gasteiger partial charge is 0.465 e. The number of amides is 2. The van der Waals surface area contributed by atoms with Gasteiger partial charge in [-0.2, -0.15) is 0 Å². The van der Waals surface area contributed by atoms with Crippen molar-refractivity contribution in [2.24, 2.45) is 0 Å². The van der Waals surface area contributed by atoms with Crippen LogP contribution < -0.4 is 10.6 Å². The van der Waals surface area contributed by atoms with Crippen molar-refractivity contribution in [3.05, 3.63) is 12.5 Å². The predicted octanol–water partition coefficient (Wildman–Crippen LogP) is 0.412. The van der Waals surface area contributed by atoms with Crippen LogP contribution >= 0.6 is 0 Å². The summed E-state index contributed by atoms with van der Waals surface area (Å²) in [5, 5.41) is 13.0. The summed E-state index contributed by atoms with van der Waals surface area (Å²) >= 11 is 0. The fourth-order valence-electron chi connectivity index (χ4n) is 1.25. The lowest BCUT2D eigenvalue weighted by molar-refractivity contribution is -0.117. The highest BCUT2D eigenvalue weighted by atomic mass is 16.4. The van der Waals surface area contributed by atoms with Gasteiger partial charge in [0.15, 0.2) is 5.82 Å². The van der Waals surface area contributed by atoms with E-state index >= 15 is 0 Å². The van der Waals surface area contributed by atoms with Crippen molar-refractivity contribution >= 4 is 24.1 Å². The second-order valence-corrected chi connectivity index (χ2v) is 4.60. The molecular formula is C11H16N4O4. The van der Waals surface area contributed by atoms with Crippen LogP contribution in [0.3, 0.4) is 0 Å². The van der Waals surface area contributed by atoms with Crippen LogP contribution in [-0.2, 0) is 15.1 Å². The molecule has 0 aliphatic carbocycles. The third-order valence-corrected chi connectivity index (χ3v) is 2.52. The molecule has 19 heavy (non-hydrogen) atoms. The maximum absolute atomic E-state index is 11.6. The third kappa shape index (κ3) is 3.80. The average molecular weight is 268 g/mol. The number of carbonyl (C=O) groups excluding carboxylic acids is 2. The van der Waals surface area contributed by atoms with Gasteiger partial charge in [-0.05, 0) is 20.8 Å². The molecule has 1 heterocycles. The van der Waals surface area contributed by atoms with Crippen molar-refractivity contribution in [1.29, 1.82) is 0 Å². The monoisotopic (exact) mass is 268 g/mol. The molecule has 0 aliphatic rings. The number of nitrogens with zero attached hydrogens (tertiary/aromatic N) is 2. The van der Waals surface area contributed by atoms with E-state index in [4.69, 9.17) is 5.11 Å². The number of carbonyl (C=O) groups is 3. The van der Waals surface area contributed by atoms with E-state index in [0.717, 1.165) is 6.29 Å². The molecule has 1 unspecified atom stereocenters. The lowest BCUT2D eigenvalue weighted by Gasteiger charge is -2.18. The fourth-order valence-corrected chi connectivity index (χ4v) is 1.25. The van der Waals surface area contributed by atoms with Crippen molar-refractivity contribution in [3.63, 3.8) is 0 Å². The number of nitrogens with one attached hydrogen (secondary N) is 2. The first-order valence-corrected chi connectivity index (χ1v) is 5.57. The lowest BCUT2D eigenvalue weighted by Crippen LogP contribution is -2.40. The van der Waals surface area contributed by atoms with E-state index in [1.165, 1.54) is 19.4 Å². The molecule has 8 nitrogen and oxygen atoms in total. The molecule has 3 N–H and O–H groups in total. The normalized spacial score (nSPS) is 12.6. The summed E-state index contributed by atoms with van der Waals surface area (Å²) in [4.78, 5) is 36.8. The molecule has 0 saturated heterocycles. The van der Waals surface area contributed by atoms with Crippen molar-refractivity contribution in [2.75, 3.05) is 5.32 Å². The van der Waals surface area contributed by atoms with Crippen LogP contribution in [0.4, 0.5) is 10.6 Å². The molecule has 0 fully saturated rings. The van der Waals surface area contributed by atoms with Gasteiger partial charge >= 0.3 is 6.09 Å². The molecular weight excluding hydrogens is 252 g/mol. The van der Waals surface area contributed by atoms with Gasteiger partial charge in [0.2, 0.25) is 5.91 Å². The van der Waals surface area contributed by atoms with Gasteiger partial charge in [0.25, 0.3) is 0 Å². The van der Waals surface area contributed by atoms with E-state index in [-0.39, 0.29) is 5.82 Å². The Labute approximate surface area is 109 Å². The van der Waals surface area contributed by atoms with Crippen LogP contribution in [0.5, 0.6) is 0 Å². The number of imidazole rings is 1. The highest BCUT2D eigenvalue weighted by Crippen LogP contribution is 2.14. The molecule has 1 rings (SSSR count). The van der Waals surface area contributed by atoms with Crippen LogP contribution in [0.15, 0.2) is 12.5 Å². The van der Waals surface area contributed by atoms with Crippen molar-refractivity contribution in [3.8, 4) is 0 Å². The van der Waals surface area contributed by atoms with Gasteiger partial charge in [-0.15, -0.1) is 0 Å². The smallest absolute Gasteiger partial charge is 0.405 e. The third-order valence-electron chi connectivity index (χ3n) is 2.52. The van der Waals surface area contributed by atoms with Gasteiger partial charge in [-0.25, -0.2) is 9.78 Å². The Morgan fingerprint density at radius 1 is 1.53 bits per heavy atom. The van der Waals surface area contributed by atoms with Gasteiger partial charge in [0.1, 0.15) is 12.3 Å². The zero-order valence-electron chi connectivity index (χ0n) is 10.9. The standard InChI is InChI=1S/C11H16N4O4/c1-7(13-10(18)19)9(17)14-8-4-15(6-12-8)11(2,3)5-16/h4-7,13H,1-3H3,(H,14,17)(H,18,19). The number of aromatic nitrogens is 2. The summed E-state index contributed by atoms with van der Waals surface area (Å²) in [5.41, 5.74) is -0.763. The number of aldehydes is 1. The Morgan fingerprint density at radius 2 is 2.16 bits per heavy atom. The Morgan fingerprint density at radius 3 is 2.68 bits per heavy atom.